The molecule has 6 heteroatoms. The van der Waals surface area contributed by atoms with E-state index >= 15 is 0 Å². The summed E-state index contributed by atoms with van der Waals surface area (Å²) in [5.41, 5.74) is 3.06. The number of nitrogens with one attached hydrogen (secondary N) is 1. The Morgan fingerprint density at radius 2 is 1.83 bits per heavy atom. The van der Waals surface area contributed by atoms with Crippen molar-refractivity contribution in [3.63, 3.8) is 0 Å². The zero-order valence-corrected chi connectivity index (χ0v) is 12.7. The maximum Gasteiger partial charge on any atom is 0.349 e. The van der Waals surface area contributed by atoms with Crippen molar-refractivity contribution in [1.82, 2.24) is 19.6 Å². The third kappa shape index (κ3) is 2.65. The first kappa shape index (κ1) is 14.2. The highest BCUT2D eigenvalue weighted by Crippen LogP contribution is 2.25. The zero-order valence-electron chi connectivity index (χ0n) is 12.7. The lowest BCUT2D eigenvalue weighted by Crippen LogP contribution is -2.17. The lowest BCUT2D eigenvalue weighted by atomic mass is 10.1. The smallest absolute Gasteiger partial charge is 0.349 e. The monoisotopic (exact) mass is 318 g/mol. The first-order valence-electron chi connectivity index (χ1n) is 7.50. The predicted octanol–water partition coefficient (Wildman–Crippen LogP) is 2.66. The minimum atomic E-state index is -0.311. The summed E-state index contributed by atoms with van der Waals surface area (Å²) in [6, 6.07) is 17.7. The van der Waals surface area contributed by atoms with E-state index in [1.807, 2.05) is 54.6 Å². The van der Waals surface area contributed by atoms with Gasteiger partial charge in [0.05, 0.1) is 12.5 Å². The topological polar surface area (TPSA) is 72.3 Å². The molecule has 0 atom stereocenters. The van der Waals surface area contributed by atoms with Gasteiger partial charge in [0.25, 0.3) is 0 Å². The van der Waals surface area contributed by atoms with Gasteiger partial charge in [0.1, 0.15) is 12.4 Å². The summed E-state index contributed by atoms with van der Waals surface area (Å²) in [6.07, 6.45) is 3.01. The normalized spacial score (nSPS) is 10.8. The Morgan fingerprint density at radius 1 is 1.04 bits per heavy atom. The number of H-pyrrole nitrogens is 1. The van der Waals surface area contributed by atoms with Crippen molar-refractivity contribution in [3.8, 4) is 16.9 Å². The maximum atomic E-state index is 11.7. The largest absolute Gasteiger partial charge is 0.489 e. The van der Waals surface area contributed by atoms with Crippen LogP contribution in [0.4, 0.5) is 0 Å². The lowest BCUT2D eigenvalue weighted by molar-refractivity contribution is 0.306. The predicted molar refractivity (Wildman–Crippen MR) is 89.8 cm³/mol. The van der Waals surface area contributed by atoms with Crippen LogP contribution in [-0.4, -0.2) is 19.6 Å². The Morgan fingerprint density at radius 3 is 2.62 bits per heavy atom. The molecule has 0 aliphatic heterocycles. The lowest BCUT2D eigenvalue weighted by Gasteiger charge is -2.07. The SMILES string of the molecule is O=c1[nH]cnc2c(-c3ccc(OCc4ccccc4)cc3)cnn12. The van der Waals surface area contributed by atoms with Gasteiger partial charge < -0.3 is 4.74 Å². The third-order valence-electron chi connectivity index (χ3n) is 3.72. The van der Waals surface area contributed by atoms with E-state index in [9.17, 15) is 4.79 Å². The molecule has 0 radical (unpaired) electrons. The average molecular weight is 318 g/mol. The second-order valence-corrected chi connectivity index (χ2v) is 5.30. The fraction of sp³-hybridized carbons (Fsp3) is 0.0556. The summed E-state index contributed by atoms with van der Waals surface area (Å²) in [5.74, 6) is 0.782. The summed E-state index contributed by atoms with van der Waals surface area (Å²) in [6.45, 7) is 0.522. The van der Waals surface area contributed by atoms with Crippen LogP contribution in [0.15, 0.2) is 71.9 Å². The minimum Gasteiger partial charge on any atom is -0.489 e. The molecule has 4 rings (SSSR count). The van der Waals surface area contributed by atoms with Crippen molar-refractivity contribution in [3.05, 3.63) is 83.2 Å². The number of hydrogen-bond donors (Lipinski definition) is 1. The number of benzene rings is 2. The number of ether oxygens (including phenoxy) is 1. The Labute approximate surface area is 137 Å². The second-order valence-electron chi connectivity index (χ2n) is 5.30. The molecule has 4 aromatic rings. The quantitative estimate of drug-likeness (QED) is 0.628. The van der Waals surface area contributed by atoms with E-state index in [0.717, 1.165) is 22.4 Å². The standard InChI is InChI=1S/C18H14N4O2/c23-18-20-12-19-17-16(10-21-22(17)18)14-6-8-15(9-7-14)24-11-13-4-2-1-3-5-13/h1-10,12H,11H2,(H,19,20,23). The van der Waals surface area contributed by atoms with E-state index in [0.29, 0.717) is 12.3 Å². The molecular formula is C18H14N4O2. The number of hydrogen-bond acceptors (Lipinski definition) is 4. The first-order valence-corrected chi connectivity index (χ1v) is 7.50. The van der Waals surface area contributed by atoms with Gasteiger partial charge in [-0.2, -0.15) is 9.61 Å². The fourth-order valence-electron chi connectivity index (χ4n) is 2.50. The fourth-order valence-corrected chi connectivity index (χ4v) is 2.50. The van der Waals surface area contributed by atoms with Gasteiger partial charge in [-0.3, -0.25) is 4.98 Å². The molecular weight excluding hydrogens is 304 g/mol. The summed E-state index contributed by atoms with van der Waals surface area (Å²) in [5, 5.41) is 4.07. The number of fused-ring (bicyclic) bond motifs is 1. The molecule has 0 aliphatic rings. The van der Waals surface area contributed by atoms with Crippen LogP contribution in [0, 0.1) is 0 Å². The number of nitrogens with zero attached hydrogens (tertiary/aromatic N) is 3. The van der Waals surface area contributed by atoms with Crippen molar-refractivity contribution in [2.45, 2.75) is 6.61 Å². The summed E-state index contributed by atoms with van der Waals surface area (Å²) in [4.78, 5) is 18.4. The van der Waals surface area contributed by atoms with Crippen LogP contribution >= 0.6 is 0 Å². The molecule has 2 aromatic carbocycles. The highest BCUT2D eigenvalue weighted by atomic mass is 16.5. The Bertz CT molecular complexity index is 1020. The van der Waals surface area contributed by atoms with Crippen molar-refractivity contribution in [2.75, 3.05) is 0 Å². The first-order chi connectivity index (χ1) is 11.8. The Kier molecular flexibility index (Phi) is 3.55. The molecule has 6 nitrogen and oxygen atoms in total. The second kappa shape index (κ2) is 6.00. The molecule has 0 unspecified atom stereocenters. The third-order valence-corrected chi connectivity index (χ3v) is 3.72. The molecule has 0 spiro atoms. The van der Waals surface area contributed by atoms with Crippen LogP contribution in [0.3, 0.4) is 0 Å². The van der Waals surface area contributed by atoms with Gasteiger partial charge in [-0.1, -0.05) is 42.5 Å². The van der Waals surface area contributed by atoms with Gasteiger partial charge in [0, 0.05) is 5.56 Å². The van der Waals surface area contributed by atoms with Crippen LogP contribution in [0.25, 0.3) is 16.8 Å². The maximum absolute atomic E-state index is 11.7. The zero-order chi connectivity index (χ0) is 16.4. The number of aromatic nitrogens is 4. The number of aromatic amines is 1. The van der Waals surface area contributed by atoms with Crippen molar-refractivity contribution < 1.29 is 4.74 Å². The minimum absolute atomic E-state index is 0.311. The van der Waals surface area contributed by atoms with Gasteiger partial charge in [0.15, 0.2) is 5.65 Å². The summed E-state index contributed by atoms with van der Waals surface area (Å²) >= 11 is 0. The van der Waals surface area contributed by atoms with Crippen molar-refractivity contribution in [1.29, 1.82) is 0 Å². The molecule has 0 amide bonds. The molecule has 1 N–H and O–H groups in total. The van der Waals surface area contributed by atoms with E-state index in [-0.39, 0.29) is 5.69 Å². The van der Waals surface area contributed by atoms with Gasteiger partial charge in [-0.15, -0.1) is 0 Å². The molecule has 118 valence electrons. The Balaban J connectivity index is 1.57. The molecule has 0 fully saturated rings. The van der Waals surface area contributed by atoms with Gasteiger partial charge in [-0.25, -0.2) is 9.78 Å². The summed E-state index contributed by atoms with van der Waals surface area (Å²) in [7, 11) is 0. The average Bonchev–Trinajstić information content (AvgIpc) is 3.07. The van der Waals surface area contributed by atoms with Gasteiger partial charge in [0.2, 0.25) is 0 Å². The van der Waals surface area contributed by atoms with E-state index in [1.54, 1.807) is 6.20 Å². The van der Waals surface area contributed by atoms with Crippen LogP contribution < -0.4 is 10.4 Å². The highest BCUT2D eigenvalue weighted by Gasteiger charge is 2.09. The molecule has 0 bridgehead atoms. The van der Waals surface area contributed by atoms with Crippen LogP contribution in [0.1, 0.15) is 5.56 Å². The van der Waals surface area contributed by atoms with E-state index in [2.05, 4.69) is 15.1 Å². The summed E-state index contributed by atoms with van der Waals surface area (Å²) < 4.78 is 7.02. The molecule has 0 saturated carbocycles. The molecule has 2 aromatic heterocycles. The highest BCUT2D eigenvalue weighted by molar-refractivity contribution is 5.76. The van der Waals surface area contributed by atoms with Gasteiger partial charge >= 0.3 is 5.69 Å². The van der Waals surface area contributed by atoms with Gasteiger partial charge in [-0.05, 0) is 23.3 Å². The van der Waals surface area contributed by atoms with E-state index in [4.69, 9.17) is 4.74 Å². The van der Waals surface area contributed by atoms with Crippen molar-refractivity contribution >= 4 is 5.65 Å². The van der Waals surface area contributed by atoms with Crippen LogP contribution in [0.2, 0.25) is 0 Å². The van der Waals surface area contributed by atoms with Crippen LogP contribution in [0.5, 0.6) is 5.75 Å². The molecule has 24 heavy (non-hydrogen) atoms. The van der Waals surface area contributed by atoms with E-state index < -0.39 is 0 Å². The molecule has 2 heterocycles. The number of rotatable bonds is 4. The Hall–Kier alpha value is -3.41. The van der Waals surface area contributed by atoms with Crippen molar-refractivity contribution in [2.24, 2.45) is 0 Å². The van der Waals surface area contributed by atoms with Crippen LogP contribution in [-0.2, 0) is 6.61 Å². The molecule has 0 aliphatic carbocycles. The molecule has 0 saturated heterocycles. The van der Waals surface area contributed by atoms with E-state index in [1.165, 1.54) is 10.8 Å².